The fourth-order valence-electron chi connectivity index (χ4n) is 2.78. The third-order valence-corrected chi connectivity index (χ3v) is 3.45. The van der Waals surface area contributed by atoms with Crippen molar-refractivity contribution < 1.29 is 9.59 Å². The van der Waals surface area contributed by atoms with Crippen molar-refractivity contribution in [2.45, 2.75) is 72.4 Å². The molecule has 0 fully saturated rings. The normalized spacial score (nSPS) is 14.1. The molecule has 1 N–H and O–H groups in total. The van der Waals surface area contributed by atoms with Crippen LogP contribution in [-0.2, 0) is 0 Å². The Kier molecular flexibility index (Phi) is 8.96. The van der Waals surface area contributed by atoms with Gasteiger partial charge in [-0.1, -0.05) is 34.1 Å². The van der Waals surface area contributed by atoms with E-state index in [1.807, 2.05) is 0 Å². The number of quaternary nitrogens is 1. The number of nitrogens with zero attached hydrogens (tertiary/aromatic N) is 1. The van der Waals surface area contributed by atoms with Crippen molar-refractivity contribution in [2.75, 3.05) is 19.6 Å². The van der Waals surface area contributed by atoms with Crippen LogP contribution >= 0.6 is 0 Å². The first-order chi connectivity index (χ1) is 7.66. The topological polar surface area (TPSA) is 20.2 Å². The van der Waals surface area contributed by atoms with E-state index < -0.39 is 0 Å². The van der Waals surface area contributed by atoms with Crippen LogP contribution in [0.2, 0.25) is 0 Å². The lowest BCUT2D eigenvalue weighted by Crippen LogP contribution is -2.56. The molecule has 1 atom stereocenters. The average molecular weight is 230 g/mol. The molecule has 0 aromatic rings. The van der Waals surface area contributed by atoms with Gasteiger partial charge >= 0.3 is 0 Å². The van der Waals surface area contributed by atoms with Crippen molar-refractivity contribution in [1.29, 1.82) is 0 Å². The van der Waals surface area contributed by atoms with E-state index in [1.165, 1.54) is 25.7 Å². The van der Waals surface area contributed by atoms with E-state index in [0.717, 1.165) is 37.0 Å². The number of unbranched alkanes of at least 4 members (excludes halogenated alkanes) is 1. The highest BCUT2D eigenvalue weighted by atomic mass is 16.3. The molecule has 0 saturated carbocycles. The summed E-state index contributed by atoms with van der Waals surface area (Å²) in [6, 6.07) is 0. The minimum absolute atomic E-state index is 0.139. The summed E-state index contributed by atoms with van der Waals surface area (Å²) in [5, 5.41) is 10.5. The molecule has 0 amide bonds. The minimum Gasteiger partial charge on any atom is -0.345 e. The van der Waals surface area contributed by atoms with Crippen LogP contribution in [0.15, 0.2) is 0 Å². The SMILES string of the molecule is CCCCC(O)[N+](CCC)(CCC)CCC. The first kappa shape index (κ1) is 15.9. The summed E-state index contributed by atoms with van der Waals surface area (Å²) in [5.74, 6) is 0. The quantitative estimate of drug-likeness (QED) is 0.449. The van der Waals surface area contributed by atoms with Gasteiger partial charge in [0.05, 0.1) is 19.6 Å². The molecular weight excluding hydrogens is 198 g/mol. The zero-order valence-corrected chi connectivity index (χ0v) is 11.8. The van der Waals surface area contributed by atoms with Crippen LogP contribution in [0.5, 0.6) is 0 Å². The average Bonchev–Trinajstić information content (AvgIpc) is 2.26. The van der Waals surface area contributed by atoms with Gasteiger partial charge in [0, 0.05) is 6.42 Å². The molecule has 0 bridgehead atoms. The van der Waals surface area contributed by atoms with Gasteiger partial charge in [-0.25, -0.2) is 0 Å². The largest absolute Gasteiger partial charge is 0.345 e. The van der Waals surface area contributed by atoms with Gasteiger partial charge < -0.3 is 5.11 Å². The van der Waals surface area contributed by atoms with E-state index in [4.69, 9.17) is 0 Å². The van der Waals surface area contributed by atoms with Gasteiger partial charge in [-0.05, 0) is 25.7 Å². The molecule has 98 valence electrons. The molecule has 0 aromatic heterocycles. The molecule has 16 heavy (non-hydrogen) atoms. The smallest absolute Gasteiger partial charge is 0.190 e. The van der Waals surface area contributed by atoms with Crippen molar-refractivity contribution in [1.82, 2.24) is 0 Å². The fourth-order valence-corrected chi connectivity index (χ4v) is 2.78. The van der Waals surface area contributed by atoms with E-state index in [1.54, 1.807) is 0 Å². The summed E-state index contributed by atoms with van der Waals surface area (Å²) in [4.78, 5) is 0. The summed E-state index contributed by atoms with van der Waals surface area (Å²) in [6.07, 6.45) is 6.67. The molecule has 0 spiro atoms. The number of rotatable bonds is 10. The second kappa shape index (κ2) is 9.00. The van der Waals surface area contributed by atoms with Crippen LogP contribution in [0.1, 0.15) is 66.2 Å². The molecule has 0 aliphatic heterocycles. The molecule has 0 aromatic carbocycles. The van der Waals surface area contributed by atoms with Crippen molar-refractivity contribution in [3.05, 3.63) is 0 Å². The predicted molar refractivity (Wildman–Crippen MR) is 71.3 cm³/mol. The van der Waals surface area contributed by atoms with Crippen molar-refractivity contribution in [2.24, 2.45) is 0 Å². The minimum atomic E-state index is -0.139. The van der Waals surface area contributed by atoms with E-state index in [2.05, 4.69) is 27.7 Å². The van der Waals surface area contributed by atoms with Crippen LogP contribution in [0.25, 0.3) is 0 Å². The highest BCUT2D eigenvalue weighted by molar-refractivity contribution is 4.51. The van der Waals surface area contributed by atoms with Crippen molar-refractivity contribution in [3.8, 4) is 0 Å². The number of aliphatic hydroxyl groups excluding tert-OH is 1. The molecule has 0 heterocycles. The standard InChI is InChI=1S/C14H32NO/c1-5-9-10-14(16)15(11-6-2,12-7-3)13-8-4/h14,16H,5-13H2,1-4H3/q+1. The van der Waals surface area contributed by atoms with Gasteiger partial charge in [0.15, 0.2) is 6.23 Å². The van der Waals surface area contributed by atoms with Gasteiger partial charge in [0.25, 0.3) is 0 Å². The van der Waals surface area contributed by atoms with Crippen molar-refractivity contribution in [3.63, 3.8) is 0 Å². The third kappa shape index (κ3) is 4.84. The highest BCUT2D eigenvalue weighted by Crippen LogP contribution is 2.20. The third-order valence-electron chi connectivity index (χ3n) is 3.45. The molecule has 0 saturated heterocycles. The monoisotopic (exact) mass is 230 g/mol. The predicted octanol–water partition coefficient (Wildman–Crippen LogP) is 3.54. The van der Waals surface area contributed by atoms with E-state index in [0.29, 0.717) is 0 Å². The van der Waals surface area contributed by atoms with Crippen molar-refractivity contribution >= 4 is 0 Å². The molecule has 0 radical (unpaired) electrons. The Morgan fingerprint density at radius 2 is 1.25 bits per heavy atom. The Morgan fingerprint density at radius 3 is 1.56 bits per heavy atom. The lowest BCUT2D eigenvalue weighted by molar-refractivity contribution is -0.971. The lowest BCUT2D eigenvalue weighted by Gasteiger charge is -2.42. The molecule has 0 aliphatic rings. The Hall–Kier alpha value is -0.0800. The van der Waals surface area contributed by atoms with E-state index in [9.17, 15) is 5.11 Å². The van der Waals surface area contributed by atoms with Crippen LogP contribution in [0.3, 0.4) is 0 Å². The Morgan fingerprint density at radius 1 is 0.812 bits per heavy atom. The molecular formula is C14H32NO+. The summed E-state index contributed by atoms with van der Waals surface area (Å²) in [5.41, 5.74) is 0. The summed E-state index contributed by atoms with van der Waals surface area (Å²) in [7, 11) is 0. The second-order valence-corrected chi connectivity index (χ2v) is 5.01. The molecule has 2 heteroatoms. The van der Waals surface area contributed by atoms with Crippen LogP contribution in [-0.4, -0.2) is 35.5 Å². The molecule has 0 aliphatic carbocycles. The summed E-state index contributed by atoms with van der Waals surface area (Å²) < 4.78 is 0.934. The van der Waals surface area contributed by atoms with Gasteiger partial charge in [0.1, 0.15) is 0 Å². The zero-order chi connectivity index (χ0) is 12.4. The van der Waals surface area contributed by atoms with E-state index in [-0.39, 0.29) is 6.23 Å². The molecule has 1 unspecified atom stereocenters. The fraction of sp³-hybridized carbons (Fsp3) is 1.00. The second-order valence-electron chi connectivity index (χ2n) is 5.01. The number of hydrogen-bond acceptors (Lipinski definition) is 1. The number of hydrogen-bond donors (Lipinski definition) is 1. The highest BCUT2D eigenvalue weighted by Gasteiger charge is 2.32. The van der Waals surface area contributed by atoms with Gasteiger partial charge in [0.2, 0.25) is 0 Å². The van der Waals surface area contributed by atoms with Crippen LogP contribution < -0.4 is 0 Å². The summed E-state index contributed by atoms with van der Waals surface area (Å²) in [6.45, 7) is 12.3. The Balaban J connectivity index is 4.54. The maximum absolute atomic E-state index is 10.5. The first-order valence-corrected chi connectivity index (χ1v) is 7.20. The number of aliphatic hydroxyl groups is 1. The molecule has 0 rings (SSSR count). The Labute approximate surface area is 102 Å². The maximum atomic E-state index is 10.5. The Bertz CT molecular complexity index is 142. The first-order valence-electron chi connectivity index (χ1n) is 7.20. The lowest BCUT2D eigenvalue weighted by atomic mass is 10.1. The van der Waals surface area contributed by atoms with Crippen LogP contribution in [0, 0.1) is 0 Å². The van der Waals surface area contributed by atoms with Gasteiger partial charge in [-0.15, -0.1) is 0 Å². The molecule has 2 nitrogen and oxygen atoms in total. The summed E-state index contributed by atoms with van der Waals surface area (Å²) >= 11 is 0. The van der Waals surface area contributed by atoms with E-state index >= 15 is 0 Å². The van der Waals surface area contributed by atoms with Gasteiger partial charge in [-0.3, -0.25) is 4.48 Å². The zero-order valence-electron chi connectivity index (χ0n) is 11.8. The van der Waals surface area contributed by atoms with Gasteiger partial charge in [-0.2, -0.15) is 0 Å². The van der Waals surface area contributed by atoms with Crippen LogP contribution in [0.4, 0.5) is 0 Å². The maximum Gasteiger partial charge on any atom is 0.190 e.